The third-order valence-electron chi connectivity index (χ3n) is 4.18. The number of nitrogens with one attached hydrogen (secondary N) is 1. The Labute approximate surface area is 184 Å². The van der Waals surface area contributed by atoms with Gasteiger partial charge in [0.1, 0.15) is 16.6 Å². The van der Waals surface area contributed by atoms with Crippen molar-refractivity contribution in [3.8, 4) is 17.1 Å². The molecule has 158 valence electrons. The lowest BCUT2D eigenvalue weighted by molar-refractivity contribution is -0.113. The van der Waals surface area contributed by atoms with Crippen LogP contribution in [0.2, 0.25) is 0 Å². The van der Waals surface area contributed by atoms with Gasteiger partial charge in [0.25, 0.3) is 0 Å². The first-order valence-corrected chi connectivity index (χ1v) is 11.1. The summed E-state index contributed by atoms with van der Waals surface area (Å²) < 4.78 is 29.4. The third kappa shape index (κ3) is 4.78. The predicted octanol–water partition coefficient (Wildman–Crippen LogP) is 4.36. The van der Waals surface area contributed by atoms with Gasteiger partial charge in [0.15, 0.2) is 11.0 Å². The first-order chi connectivity index (χ1) is 15.0. The highest BCUT2D eigenvalue weighted by Crippen LogP contribution is 2.29. The van der Waals surface area contributed by atoms with Crippen LogP contribution >= 0.6 is 23.1 Å². The zero-order valence-corrected chi connectivity index (χ0v) is 17.9. The average molecular weight is 459 g/mol. The van der Waals surface area contributed by atoms with Gasteiger partial charge >= 0.3 is 0 Å². The first-order valence-electron chi connectivity index (χ1n) is 9.26. The molecule has 0 fully saturated rings. The van der Waals surface area contributed by atoms with Crippen molar-refractivity contribution in [2.75, 3.05) is 11.1 Å². The van der Waals surface area contributed by atoms with Gasteiger partial charge < -0.3 is 0 Å². The summed E-state index contributed by atoms with van der Waals surface area (Å²) in [6.45, 7) is 1.96. The van der Waals surface area contributed by atoms with Crippen LogP contribution in [0.5, 0.6) is 0 Å². The molecule has 0 spiro atoms. The predicted molar refractivity (Wildman–Crippen MR) is 115 cm³/mol. The lowest BCUT2D eigenvalue weighted by atomic mass is 10.2. The number of anilines is 1. The van der Waals surface area contributed by atoms with Gasteiger partial charge in [0.05, 0.1) is 11.3 Å². The molecule has 0 atom stereocenters. The van der Waals surface area contributed by atoms with Crippen molar-refractivity contribution in [1.82, 2.24) is 25.0 Å². The van der Waals surface area contributed by atoms with E-state index < -0.39 is 11.6 Å². The largest absolute Gasteiger partial charge is 0.300 e. The molecule has 4 aromatic rings. The molecule has 11 heteroatoms. The number of amides is 1. The molecule has 4 rings (SSSR count). The molecule has 0 saturated carbocycles. The van der Waals surface area contributed by atoms with Crippen LogP contribution in [-0.2, 0) is 11.2 Å². The van der Waals surface area contributed by atoms with Crippen LogP contribution in [0.15, 0.2) is 53.7 Å². The smallest absolute Gasteiger partial charge is 0.236 e. The monoisotopic (exact) mass is 458 g/mol. The Kier molecular flexibility index (Phi) is 6.33. The topological polar surface area (TPSA) is 85.6 Å². The molecule has 2 aromatic carbocycles. The van der Waals surface area contributed by atoms with Gasteiger partial charge in [0.2, 0.25) is 11.0 Å². The van der Waals surface area contributed by atoms with Crippen molar-refractivity contribution in [2.45, 2.75) is 18.5 Å². The maximum absolute atomic E-state index is 14.4. The van der Waals surface area contributed by atoms with Crippen molar-refractivity contribution in [3.63, 3.8) is 0 Å². The number of nitrogens with zero attached hydrogens (tertiary/aromatic N) is 5. The number of carbonyl (C=O) groups is 1. The van der Waals surface area contributed by atoms with Gasteiger partial charge in [0, 0.05) is 5.69 Å². The van der Waals surface area contributed by atoms with Crippen LogP contribution in [0, 0.1) is 11.6 Å². The van der Waals surface area contributed by atoms with E-state index in [9.17, 15) is 13.6 Å². The van der Waals surface area contributed by atoms with E-state index in [0.29, 0.717) is 16.0 Å². The molecule has 0 aliphatic carbocycles. The van der Waals surface area contributed by atoms with Gasteiger partial charge in [-0.15, -0.1) is 20.4 Å². The van der Waals surface area contributed by atoms with Crippen LogP contribution in [0.1, 0.15) is 11.9 Å². The number of halogens is 2. The minimum absolute atomic E-state index is 0.0254. The lowest BCUT2D eigenvalue weighted by Crippen LogP contribution is -2.14. The number of aromatic nitrogens is 5. The maximum atomic E-state index is 14.4. The lowest BCUT2D eigenvalue weighted by Gasteiger charge is -2.10. The number of hydrogen-bond donors (Lipinski definition) is 1. The highest BCUT2D eigenvalue weighted by molar-refractivity contribution is 7.99. The zero-order valence-electron chi connectivity index (χ0n) is 16.2. The van der Waals surface area contributed by atoms with Gasteiger partial charge in [-0.05, 0) is 42.8 Å². The van der Waals surface area contributed by atoms with E-state index in [4.69, 9.17) is 0 Å². The second kappa shape index (κ2) is 9.31. The number of carbonyl (C=O) groups excluding carboxylic acids is 1. The average Bonchev–Trinajstić information content (AvgIpc) is 3.40. The van der Waals surface area contributed by atoms with Crippen LogP contribution in [-0.4, -0.2) is 36.6 Å². The van der Waals surface area contributed by atoms with E-state index in [1.54, 1.807) is 34.9 Å². The van der Waals surface area contributed by atoms with E-state index in [1.807, 2.05) is 6.92 Å². The fraction of sp³-hybridized carbons (Fsp3) is 0.150. The molecule has 7 nitrogen and oxygen atoms in total. The molecular weight excluding hydrogens is 442 g/mol. The summed E-state index contributed by atoms with van der Waals surface area (Å²) in [5.41, 5.74) is 0.792. The van der Waals surface area contributed by atoms with E-state index in [0.717, 1.165) is 23.2 Å². The Bertz CT molecular complexity index is 1210. The normalized spacial score (nSPS) is 10.9. The molecule has 31 heavy (non-hydrogen) atoms. The number of aryl methyl sites for hydroxylation is 1. The third-order valence-corrected chi connectivity index (χ3v) is 6.09. The Morgan fingerprint density at radius 3 is 2.55 bits per heavy atom. The maximum Gasteiger partial charge on any atom is 0.236 e. The van der Waals surface area contributed by atoms with Crippen LogP contribution < -0.4 is 5.32 Å². The van der Waals surface area contributed by atoms with Crippen LogP contribution in [0.3, 0.4) is 0 Å². The Morgan fingerprint density at radius 2 is 1.84 bits per heavy atom. The summed E-state index contributed by atoms with van der Waals surface area (Å²) in [7, 11) is 0. The van der Waals surface area contributed by atoms with Crippen LogP contribution in [0.25, 0.3) is 17.1 Å². The number of thioether (sulfide) groups is 1. The molecule has 0 aliphatic rings. The molecule has 0 aliphatic heterocycles. The fourth-order valence-electron chi connectivity index (χ4n) is 2.74. The first kappa shape index (κ1) is 21.1. The van der Waals surface area contributed by atoms with Gasteiger partial charge in [-0.1, -0.05) is 42.2 Å². The fourth-order valence-corrected chi connectivity index (χ4v) is 4.18. The Hall–Kier alpha value is -3.18. The van der Waals surface area contributed by atoms with Crippen LogP contribution in [0.4, 0.5) is 13.9 Å². The summed E-state index contributed by atoms with van der Waals surface area (Å²) in [6, 6.07) is 11.9. The van der Waals surface area contributed by atoms with Gasteiger partial charge in [-0.25, -0.2) is 8.78 Å². The number of hydrogen-bond acceptors (Lipinski definition) is 7. The second-order valence-electron chi connectivity index (χ2n) is 6.29. The Balaban J connectivity index is 1.60. The van der Waals surface area contributed by atoms with Gasteiger partial charge in [-0.2, -0.15) is 0 Å². The van der Waals surface area contributed by atoms with Crippen molar-refractivity contribution in [3.05, 3.63) is 65.2 Å². The molecule has 1 N–H and O–H groups in total. The molecule has 2 aromatic heterocycles. The Morgan fingerprint density at radius 1 is 1.06 bits per heavy atom. The van der Waals surface area contributed by atoms with Crippen molar-refractivity contribution in [2.24, 2.45) is 0 Å². The molecule has 0 saturated heterocycles. The quantitative estimate of drug-likeness (QED) is 0.414. The zero-order chi connectivity index (χ0) is 21.8. The summed E-state index contributed by atoms with van der Waals surface area (Å²) in [6.07, 6.45) is 0.738. The minimum Gasteiger partial charge on any atom is -0.300 e. The summed E-state index contributed by atoms with van der Waals surface area (Å²) in [4.78, 5) is 12.3. The summed E-state index contributed by atoms with van der Waals surface area (Å²) in [5.74, 6) is -0.872. The van der Waals surface area contributed by atoms with Crippen molar-refractivity contribution >= 4 is 34.1 Å². The summed E-state index contributed by atoms with van der Waals surface area (Å²) in [5, 5.41) is 20.5. The van der Waals surface area contributed by atoms with E-state index >= 15 is 0 Å². The molecule has 0 unspecified atom stereocenters. The molecule has 0 bridgehead atoms. The molecule has 2 heterocycles. The SMILES string of the molecule is CCc1nnc(NC(=O)CSc2nnc(-c3ccccc3F)n2-c2ccc(F)cc2)s1. The minimum atomic E-state index is -0.462. The number of benzene rings is 2. The van der Waals surface area contributed by atoms with Crippen molar-refractivity contribution in [1.29, 1.82) is 0 Å². The summed E-state index contributed by atoms with van der Waals surface area (Å²) >= 11 is 2.44. The van der Waals surface area contributed by atoms with E-state index in [2.05, 4.69) is 25.7 Å². The molecule has 0 radical (unpaired) electrons. The van der Waals surface area contributed by atoms with Gasteiger partial charge in [-0.3, -0.25) is 14.7 Å². The van der Waals surface area contributed by atoms with E-state index in [-0.39, 0.29) is 23.0 Å². The van der Waals surface area contributed by atoms with Crippen molar-refractivity contribution < 1.29 is 13.6 Å². The number of rotatable bonds is 7. The molecular formula is C20H16F2N6OS2. The highest BCUT2D eigenvalue weighted by Gasteiger charge is 2.20. The standard InChI is InChI=1S/C20H16F2N6OS2/c1-2-17-24-26-19(31-17)23-16(29)11-30-20-27-25-18(14-5-3-4-6-15(14)22)28(20)13-9-7-12(21)8-10-13/h3-10H,2,11H2,1H3,(H,23,26,29). The second-order valence-corrected chi connectivity index (χ2v) is 8.29. The van der Waals surface area contributed by atoms with E-state index in [1.165, 1.54) is 29.5 Å². The highest BCUT2D eigenvalue weighted by atomic mass is 32.2. The molecule has 1 amide bonds.